The highest BCUT2D eigenvalue weighted by Crippen LogP contribution is 2.31. The minimum atomic E-state index is -0.327. The second-order valence-corrected chi connectivity index (χ2v) is 5.46. The number of ether oxygens (including phenoxy) is 3. The molecule has 0 atom stereocenters. The van der Waals surface area contributed by atoms with Gasteiger partial charge in [0.2, 0.25) is 6.79 Å². The maximum atomic E-state index is 11.8. The number of aryl methyl sites for hydroxylation is 2. The van der Waals surface area contributed by atoms with Crippen LogP contribution >= 0.6 is 0 Å². The fraction of sp³-hybridized carbons (Fsp3) is 0.222. The van der Waals surface area contributed by atoms with E-state index < -0.39 is 0 Å². The van der Waals surface area contributed by atoms with E-state index in [4.69, 9.17) is 14.2 Å². The van der Waals surface area contributed by atoms with Gasteiger partial charge in [0.25, 0.3) is 5.91 Å². The third-order valence-electron chi connectivity index (χ3n) is 3.49. The molecule has 24 heavy (non-hydrogen) atoms. The van der Waals surface area contributed by atoms with E-state index >= 15 is 0 Å². The second-order valence-electron chi connectivity index (χ2n) is 5.46. The Morgan fingerprint density at radius 2 is 2.04 bits per heavy atom. The number of hydrazone groups is 1. The smallest absolute Gasteiger partial charge is 0.277 e. The zero-order chi connectivity index (χ0) is 16.9. The Hall–Kier alpha value is -3.02. The largest absolute Gasteiger partial charge is 0.483 e. The van der Waals surface area contributed by atoms with Gasteiger partial charge in [0.1, 0.15) is 5.75 Å². The summed E-state index contributed by atoms with van der Waals surface area (Å²) >= 11 is 0. The predicted octanol–water partition coefficient (Wildman–Crippen LogP) is 2.56. The molecule has 0 saturated carbocycles. The van der Waals surface area contributed by atoms with E-state index in [1.54, 1.807) is 12.1 Å². The molecule has 1 aliphatic rings. The molecule has 1 amide bonds. The molecule has 6 nitrogen and oxygen atoms in total. The number of fused-ring (bicyclic) bond motifs is 1. The number of rotatable bonds is 5. The molecule has 0 bridgehead atoms. The van der Waals surface area contributed by atoms with Crippen molar-refractivity contribution in [3.05, 3.63) is 53.1 Å². The van der Waals surface area contributed by atoms with Gasteiger partial charge < -0.3 is 14.2 Å². The van der Waals surface area contributed by atoms with Gasteiger partial charge in [-0.15, -0.1) is 0 Å². The molecule has 6 heteroatoms. The lowest BCUT2D eigenvalue weighted by molar-refractivity contribution is -0.123. The van der Waals surface area contributed by atoms with Gasteiger partial charge in [-0.3, -0.25) is 4.79 Å². The minimum absolute atomic E-state index is 0.0949. The van der Waals surface area contributed by atoms with Gasteiger partial charge in [-0.2, -0.15) is 5.10 Å². The van der Waals surface area contributed by atoms with Crippen LogP contribution in [0.2, 0.25) is 0 Å². The summed E-state index contributed by atoms with van der Waals surface area (Å²) in [6, 6.07) is 11.2. The second kappa shape index (κ2) is 7.04. The SMILES string of the molecule is Cc1ccc(OCC(=O)N/N=C\c2ccc3c(c2)OCO3)c(C)c1. The van der Waals surface area contributed by atoms with Gasteiger partial charge in [-0.25, -0.2) is 5.43 Å². The number of carbonyl (C=O) groups excluding carboxylic acids is 1. The standard InChI is InChI=1S/C18H18N2O4/c1-12-3-5-15(13(2)7-12)22-10-18(21)20-19-9-14-4-6-16-17(8-14)24-11-23-16/h3-9H,10-11H2,1-2H3,(H,20,21)/b19-9-. The molecule has 0 unspecified atom stereocenters. The minimum Gasteiger partial charge on any atom is -0.483 e. The highest BCUT2D eigenvalue weighted by atomic mass is 16.7. The molecule has 0 aromatic heterocycles. The van der Waals surface area contributed by atoms with Crippen molar-refractivity contribution in [2.75, 3.05) is 13.4 Å². The van der Waals surface area contributed by atoms with Crippen molar-refractivity contribution >= 4 is 12.1 Å². The van der Waals surface area contributed by atoms with Crippen molar-refractivity contribution in [1.29, 1.82) is 0 Å². The van der Waals surface area contributed by atoms with Crippen LogP contribution in [0.1, 0.15) is 16.7 Å². The Balaban J connectivity index is 1.50. The molecule has 1 heterocycles. The maximum Gasteiger partial charge on any atom is 0.277 e. The number of nitrogens with one attached hydrogen (secondary N) is 1. The average Bonchev–Trinajstić information content (AvgIpc) is 3.02. The summed E-state index contributed by atoms with van der Waals surface area (Å²) in [7, 11) is 0. The number of amides is 1. The Bertz CT molecular complexity index is 787. The summed E-state index contributed by atoms with van der Waals surface area (Å²) in [6.45, 7) is 4.08. The average molecular weight is 326 g/mol. The maximum absolute atomic E-state index is 11.8. The molecule has 0 saturated heterocycles. The third-order valence-corrected chi connectivity index (χ3v) is 3.49. The lowest BCUT2D eigenvalue weighted by Crippen LogP contribution is -2.24. The summed E-state index contributed by atoms with van der Waals surface area (Å²) in [5.41, 5.74) is 5.38. The number of benzene rings is 2. The first-order chi connectivity index (χ1) is 11.6. The normalized spacial score (nSPS) is 12.4. The highest BCUT2D eigenvalue weighted by Gasteiger charge is 2.12. The zero-order valence-electron chi connectivity index (χ0n) is 13.5. The summed E-state index contributed by atoms with van der Waals surface area (Å²) in [6.07, 6.45) is 1.54. The summed E-state index contributed by atoms with van der Waals surface area (Å²) in [5, 5.41) is 3.91. The quantitative estimate of drug-likeness (QED) is 0.677. The highest BCUT2D eigenvalue weighted by molar-refractivity contribution is 5.83. The monoisotopic (exact) mass is 326 g/mol. The summed E-state index contributed by atoms with van der Waals surface area (Å²) in [4.78, 5) is 11.8. The molecule has 0 aliphatic carbocycles. The Kier molecular flexibility index (Phi) is 4.65. The van der Waals surface area contributed by atoms with Crippen molar-refractivity contribution in [2.45, 2.75) is 13.8 Å². The van der Waals surface area contributed by atoms with E-state index in [1.165, 1.54) is 6.21 Å². The van der Waals surface area contributed by atoms with Crippen LogP contribution in [0, 0.1) is 13.8 Å². The van der Waals surface area contributed by atoms with E-state index in [0.717, 1.165) is 16.7 Å². The first kappa shape index (κ1) is 15.9. The van der Waals surface area contributed by atoms with Gasteiger partial charge in [0.15, 0.2) is 18.1 Å². The van der Waals surface area contributed by atoms with Crippen molar-refractivity contribution in [3.8, 4) is 17.2 Å². The van der Waals surface area contributed by atoms with E-state index in [2.05, 4.69) is 10.5 Å². The molecular formula is C18H18N2O4. The van der Waals surface area contributed by atoms with Gasteiger partial charge in [0.05, 0.1) is 6.21 Å². The lowest BCUT2D eigenvalue weighted by atomic mass is 10.1. The first-order valence-corrected chi connectivity index (χ1v) is 7.53. The van der Waals surface area contributed by atoms with E-state index in [-0.39, 0.29) is 19.3 Å². The predicted molar refractivity (Wildman–Crippen MR) is 89.7 cm³/mol. The third kappa shape index (κ3) is 3.84. The zero-order valence-corrected chi connectivity index (χ0v) is 13.5. The summed E-state index contributed by atoms with van der Waals surface area (Å²) in [5.74, 6) is 1.74. The fourth-order valence-corrected chi connectivity index (χ4v) is 2.31. The molecule has 124 valence electrons. The van der Waals surface area contributed by atoms with Crippen LogP contribution in [0.25, 0.3) is 0 Å². The number of nitrogens with zero attached hydrogens (tertiary/aromatic N) is 1. The van der Waals surface area contributed by atoms with Gasteiger partial charge in [-0.05, 0) is 49.2 Å². The van der Waals surface area contributed by atoms with Crippen molar-refractivity contribution in [3.63, 3.8) is 0 Å². The van der Waals surface area contributed by atoms with Crippen molar-refractivity contribution < 1.29 is 19.0 Å². The van der Waals surface area contributed by atoms with E-state index in [1.807, 2.05) is 38.1 Å². The number of hydrogen-bond donors (Lipinski definition) is 1. The van der Waals surface area contributed by atoms with E-state index in [0.29, 0.717) is 17.2 Å². The Labute approximate surface area is 140 Å². The molecule has 1 N–H and O–H groups in total. The van der Waals surface area contributed by atoms with Gasteiger partial charge >= 0.3 is 0 Å². The molecule has 0 fully saturated rings. The molecule has 3 rings (SSSR count). The van der Waals surface area contributed by atoms with Crippen LogP contribution in [0.5, 0.6) is 17.2 Å². The molecule has 2 aromatic carbocycles. The Morgan fingerprint density at radius 3 is 2.88 bits per heavy atom. The van der Waals surface area contributed by atoms with Gasteiger partial charge in [0, 0.05) is 0 Å². The lowest BCUT2D eigenvalue weighted by Gasteiger charge is -2.08. The van der Waals surface area contributed by atoms with Crippen LogP contribution in [0.15, 0.2) is 41.5 Å². The number of carbonyl (C=O) groups is 1. The topological polar surface area (TPSA) is 69.2 Å². The summed E-state index contributed by atoms with van der Waals surface area (Å²) < 4.78 is 16.0. The Morgan fingerprint density at radius 1 is 1.21 bits per heavy atom. The molecular weight excluding hydrogens is 308 g/mol. The van der Waals surface area contributed by atoms with Crippen LogP contribution in [-0.2, 0) is 4.79 Å². The van der Waals surface area contributed by atoms with Crippen molar-refractivity contribution in [1.82, 2.24) is 5.43 Å². The van der Waals surface area contributed by atoms with Crippen LogP contribution in [-0.4, -0.2) is 25.5 Å². The number of hydrogen-bond acceptors (Lipinski definition) is 5. The molecule has 1 aliphatic heterocycles. The first-order valence-electron chi connectivity index (χ1n) is 7.53. The van der Waals surface area contributed by atoms with Crippen LogP contribution in [0.3, 0.4) is 0 Å². The van der Waals surface area contributed by atoms with Crippen molar-refractivity contribution in [2.24, 2.45) is 5.10 Å². The van der Waals surface area contributed by atoms with E-state index in [9.17, 15) is 4.79 Å². The fourth-order valence-electron chi connectivity index (χ4n) is 2.31. The molecule has 0 spiro atoms. The molecule has 2 aromatic rings. The van der Waals surface area contributed by atoms with Crippen LogP contribution < -0.4 is 19.6 Å². The van der Waals surface area contributed by atoms with Gasteiger partial charge in [-0.1, -0.05) is 17.7 Å². The van der Waals surface area contributed by atoms with Crippen LogP contribution in [0.4, 0.5) is 0 Å². The molecule has 0 radical (unpaired) electrons.